The highest BCUT2D eigenvalue weighted by Gasteiger charge is 2.17. The summed E-state index contributed by atoms with van der Waals surface area (Å²) >= 11 is 0. The Kier molecular flexibility index (Phi) is 2.88. The number of hydrazine groups is 2. The molecule has 0 unspecified atom stereocenters. The fourth-order valence-corrected chi connectivity index (χ4v) is 1.75. The number of nitrogens with zero attached hydrogens (tertiary/aromatic N) is 2. The molecule has 0 fully saturated rings. The molecule has 3 rings (SSSR count). The summed E-state index contributed by atoms with van der Waals surface area (Å²) in [5.74, 6) is -0.751. The number of hydrogen-bond donors (Lipinski definition) is 4. The Balaban J connectivity index is 2.00. The second kappa shape index (κ2) is 4.84. The molecule has 0 radical (unpaired) electrons. The molecule has 3 heterocycles. The van der Waals surface area contributed by atoms with Gasteiger partial charge in [0.2, 0.25) is 0 Å². The molecule has 4 N–H and O–H groups in total. The monoisotopic (exact) mass is 270 g/mol. The largest absolute Gasteiger partial charge is 0.297 e. The van der Waals surface area contributed by atoms with Crippen molar-refractivity contribution in [1.82, 2.24) is 20.8 Å². The summed E-state index contributed by atoms with van der Waals surface area (Å²) in [4.78, 5) is 31.8. The Bertz CT molecular complexity index is 628. The van der Waals surface area contributed by atoms with E-state index in [1.807, 2.05) is 0 Å². The summed E-state index contributed by atoms with van der Waals surface area (Å²) in [7, 11) is 0. The molecule has 0 saturated heterocycles. The zero-order chi connectivity index (χ0) is 13.9. The number of hydrogen-bond acceptors (Lipinski definition) is 6. The Morgan fingerprint density at radius 3 is 1.60 bits per heavy atom. The first-order valence-corrected chi connectivity index (χ1v) is 5.76. The van der Waals surface area contributed by atoms with E-state index < -0.39 is 0 Å². The molecule has 2 aromatic rings. The molecule has 0 aromatic carbocycles. The number of amides is 2. The highest BCUT2D eigenvalue weighted by atomic mass is 16.2. The van der Waals surface area contributed by atoms with Crippen LogP contribution in [-0.4, -0.2) is 21.8 Å². The standard InChI is InChI=1S/C12H10N6O2/c19-11-7-5-13-3-1-9(7)15-17-12(20)8-6-14-4-2-10(8)16-18-11/h1-6,15-16H,(H,17,20)(H,18,19). The van der Waals surface area contributed by atoms with E-state index in [-0.39, 0.29) is 11.8 Å². The average Bonchev–Trinajstić information content (AvgIpc) is 2.50. The van der Waals surface area contributed by atoms with Crippen molar-refractivity contribution in [2.24, 2.45) is 0 Å². The number of fused-ring (bicyclic) bond motifs is 2. The summed E-state index contributed by atoms with van der Waals surface area (Å²) in [5, 5.41) is 0. The van der Waals surface area contributed by atoms with E-state index in [0.29, 0.717) is 22.5 Å². The quantitative estimate of drug-likeness (QED) is 0.548. The maximum Gasteiger partial charge on any atom is 0.273 e. The average molecular weight is 270 g/mol. The number of anilines is 2. The lowest BCUT2D eigenvalue weighted by atomic mass is 10.2. The molecule has 2 amide bonds. The molecule has 0 saturated carbocycles. The third-order valence-corrected chi connectivity index (χ3v) is 2.75. The molecule has 0 spiro atoms. The van der Waals surface area contributed by atoms with Gasteiger partial charge in [0.15, 0.2) is 0 Å². The summed E-state index contributed by atoms with van der Waals surface area (Å²) in [6, 6.07) is 3.17. The van der Waals surface area contributed by atoms with Crippen LogP contribution in [0.3, 0.4) is 0 Å². The van der Waals surface area contributed by atoms with Crippen molar-refractivity contribution in [3.63, 3.8) is 0 Å². The molecule has 1 aliphatic rings. The first-order valence-electron chi connectivity index (χ1n) is 5.76. The van der Waals surface area contributed by atoms with E-state index in [9.17, 15) is 9.59 Å². The lowest BCUT2D eigenvalue weighted by Crippen LogP contribution is -2.37. The molecule has 100 valence electrons. The van der Waals surface area contributed by atoms with Gasteiger partial charge in [0, 0.05) is 24.8 Å². The van der Waals surface area contributed by atoms with Gasteiger partial charge in [0.1, 0.15) is 0 Å². The summed E-state index contributed by atoms with van der Waals surface area (Å²) in [6.07, 6.45) is 5.83. The smallest absolute Gasteiger partial charge is 0.273 e. The lowest BCUT2D eigenvalue weighted by molar-refractivity contribution is 0.0945. The SMILES string of the molecule is O=C1NNc2ccncc2C(=O)NNc2ccncc21. The summed E-state index contributed by atoms with van der Waals surface area (Å²) in [6.45, 7) is 0. The summed E-state index contributed by atoms with van der Waals surface area (Å²) < 4.78 is 0. The topological polar surface area (TPSA) is 108 Å². The highest BCUT2D eigenvalue weighted by molar-refractivity contribution is 6.04. The fourth-order valence-electron chi connectivity index (χ4n) is 1.75. The first kappa shape index (κ1) is 11.9. The van der Waals surface area contributed by atoms with Gasteiger partial charge in [-0.2, -0.15) is 0 Å². The Morgan fingerprint density at radius 2 is 1.15 bits per heavy atom. The molecule has 0 aliphatic carbocycles. The maximum atomic E-state index is 12.0. The van der Waals surface area contributed by atoms with Crippen LogP contribution in [0.2, 0.25) is 0 Å². The molecule has 1 aliphatic heterocycles. The molecule has 0 bridgehead atoms. The number of carbonyl (C=O) groups is 2. The van der Waals surface area contributed by atoms with Crippen LogP contribution in [0.5, 0.6) is 0 Å². The minimum atomic E-state index is -0.375. The second-order valence-corrected chi connectivity index (χ2v) is 4.00. The second-order valence-electron chi connectivity index (χ2n) is 4.00. The number of aromatic nitrogens is 2. The van der Waals surface area contributed by atoms with Crippen molar-refractivity contribution in [1.29, 1.82) is 0 Å². The molecular weight excluding hydrogens is 260 g/mol. The third-order valence-electron chi connectivity index (χ3n) is 2.75. The van der Waals surface area contributed by atoms with Crippen LogP contribution in [0.4, 0.5) is 11.4 Å². The number of pyridine rings is 2. The predicted octanol–water partition coefficient (Wildman–Crippen LogP) is 0.304. The Hall–Kier alpha value is -3.16. The van der Waals surface area contributed by atoms with E-state index in [2.05, 4.69) is 31.7 Å². The molecule has 20 heavy (non-hydrogen) atoms. The van der Waals surface area contributed by atoms with Crippen LogP contribution < -0.4 is 21.7 Å². The molecule has 2 aromatic heterocycles. The Morgan fingerprint density at radius 1 is 0.700 bits per heavy atom. The van der Waals surface area contributed by atoms with E-state index in [1.54, 1.807) is 12.1 Å². The van der Waals surface area contributed by atoms with Gasteiger partial charge in [-0.25, -0.2) is 0 Å². The summed E-state index contributed by atoms with van der Waals surface area (Å²) in [5.41, 5.74) is 11.9. The first-order chi connectivity index (χ1) is 9.75. The van der Waals surface area contributed by atoms with Crippen LogP contribution in [0.1, 0.15) is 20.7 Å². The van der Waals surface area contributed by atoms with Crippen molar-refractivity contribution in [2.75, 3.05) is 10.9 Å². The number of carbonyl (C=O) groups excluding carboxylic acids is 2. The Labute approximate surface area is 113 Å². The number of rotatable bonds is 0. The van der Waals surface area contributed by atoms with Gasteiger partial charge in [-0.15, -0.1) is 0 Å². The molecular formula is C12H10N6O2. The van der Waals surface area contributed by atoms with Crippen LogP contribution in [0.25, 0.3) is 0 Å². The van der Waals surface area contributed by atoms with Crippen LogP contribution in [-0.2, 0) is 0 Å². The van der Waals surface area contributed by atoms with Gasteiger partial charge in [-0.05, 0) is 12.1 Å². The number of nitrogens with one attached hydrogen (secondary N) is 4. The van der Waals surface area contributed by atoms with Crippen molar-refractivity contribution in [3.05, 3.63) is 48.0 Å². The zero-order valence-electron chi connectivity index (χ0n) is 10.2. The van der Waals surface area contributed by atoms with Gasteiger partial charge in [0.05, 0.1) is 22.5 Å². The minimum absolute atomic E-state index is 0.304. The predicted molar refractivity (Wildman–Crippen MR) is 70.7 cm³/mol. The third kappa shape index (κ3) is 2.09. The highest BCUT2D eigenvalue weighted by Crippen LogP contribution is 2.16. The van der Waals surface area contributed by atoms with E-state index in [0.717, 1.165) is 0 Å². The van der Waals surface area contributed by atoms with Crippen LogP contribution >= 0.6 is 0 Å². The lowest BCUT2D eigenvalue weighted by Gasteiger charge is -2.17. The van der Waals surface area contributed by atoms with Gasteiger partial charge in [-0.3, -0.25) is 41.3 Å². The van der Waals surface area contributed by atoms with Crippen LogP contribution in [0.15, 0.2) is 36.9 Å². The normalized spacial score (nSPS) is 13.8. The zero-order valence-corrected chi connectivity index (χ0v) is 10.2. The molecule has 0 atom stereocenters. The van der Waals surface area contributed by atoms with Crippen molar-refractivity contribution < 1.29 is 9.59 Å². The fraction of sp³-hybridized carbons (Fsp3) is 0. The van der Waals surface area contributed by atoms with Crippen molar-refractivity contribution >= 4 is 23.2 Å². The van der Waals surface area contributed by atoms with Gasteiger partial charge in [0.25, 0.3) is 11.8 Å². The van der Waals surface area contributed by atoms with E-state index in [1.165, 1.54) is 24.8 Å². The van der Waals surface area contributed by atoms with E-state index in [4.69, 9.17) is 0 Å². The van der Waals surface area contributed by atoms with Crippen LogP contribution in [0, 0.1) is 0 Å². The van der Waals surface area contributed by atoms with E-state index >= 15 is 0 Å². The van der Waals surface area contributed by atoms with Crippen molar-refractivity contribution in [3.8, 4) is 0 Å². The van der Waals surface area contributed by atoms with Gasteiger partial charge in [-0.1, -0.05) is 0 Å². The minimum Gasteiger partial charge on any atom is -0.297 e. The molecule has 8 heteroatoms. The van der Waals surface area contributed by atoms with Gasteiger partial charge >= 0.3 is 0 Å². The maximum absolute atomic E-state index is 12.0. The molecule has 8 nitrogen and oxygen atoms in total. The van der Waals surface area contributed by atoms with Gasteiger partial charge < -0.3 is 0 Å². The van der Waals surface area contributed by atoms with Crippen molar-refractivity contribution in [2.45, 2.75) is 0 Å².